The highest BCUT2D eigenvalue weighted by atomic mass is 79.9. The SMILES string of the molecule is O=c1c(Br)c(OCC(F)(F)F)cnn1C1CCCCO1. The van der Waals surface area contributed by atoms with E-state index < -0.39 is 24.6 Å². The summed E-state index contributed by atoms with van der Waals surface area (Å²) in [5.74, 6) is -0.237. The third-order valence-corrected chi connectivity index (χ3v) is 3.46. The summed E-state index contributed by atoms with van der Waals surface area (Å²) in [4.78, 5) is 12.0. The van der Waals surface area contributed by atoms with Crippen molar-refractivity contribution in [1.29, 1.82) is 0 Å². The third kappa shape index (κ3) is 3.72. The van der Waals surface area contributed by atoms with E-state index in [1.807, 2.05) is 0 Å². The van der Waals surface area contributed by atoms with Crippen LogP contribution in [0.25, 0.3) is 0 Å². The van der Waals surface area contributed by atoms with Gasteiger partial charge >= 0.3 is 6.18 Å². The minimum absolute atomic E-state index is 0.0917. The third-order valence-electron chi connectivity index (χ3n) is 2.73. The molecule has 0 bridgehead atoms. The smallest absolute Gasteiger partial charge is 0.422 e. The van der Waals surface area contributed by atoms with Crippen LogP contribution in [0.15, 0.2) is 15.5 Å². The molecule has 0 aromatic carbocycles. The zero-order valence-electron chi connectivity index (χ0n) is 10.3. The summed E-state index contributed by atoms with van der Waals surface area (Å²) in [7, 11) is 0. The second-order valence-corrected chi connectivity index (χ2v) is 5.09. The first-order valence-corrected chi connectivity index (χ1v) is 6.76. The first kappa shape index (κ1) is 15.3. The van der Waals surface area contributed by atoms with Gasteiger partial charge in [-0.25, -0.2) is 0 Å². The number of rotatable bonds is 3. The van der Waals surface area contributed by atoms with E-state index in [2.05, 4.69) is 25.8 Å². The summed E-state index contributed by atoms with van der Waals surface area (Å²) >= 11 is 2.94. The van der Waals surface area contributed by atoms with E-state index in [0.29, 0.717) is 13.0 Å². The predicted molar refractivity (Wildman–Crippen MR) is 66.6 cm³/mol. The molecule has 0 saturated carbocycles. The number of halogens is 4. The maximum Gasteiger partial charge on any atom is 0.422 e. The van der Waals surface area contributed by atoms with Crippen LogP contribution in [0.1, 0.15) is 25.5 Å². The first-order chi connectivity index (χ1) is 9.38. The second-order valence-electron chi connectivity index (χ2n) is 4.30. The lowest BCUT2D eigenvalue weighted by molar-refractivity contribution is -0.153. The molecule has 1 aromatic heterocycles. The van der Waals surface area contributed by atoms with Gasteiger partial charge in [-0.2, -0.15) is 23.0 Å². The lowest BCUT2D eigenvalue weighted by atomic mass is 10.2. The van der Waals surface area contributed by atoms with Crippen LogP contribution in [0.2, 0.25) is 0 Å². The van der Waals surface area contributed by atoms with Crippen molar-refractivity contribution in [2.45, 2.75) is 31.7 Å². The van der Waals surface area contributed by atoms with Crippen LogP contribution in [0, 0.1) is 0 Å². The molecule has 2 heterocycles. The number of nitrogens with zero attached hydrogens (tertiary/aromatic N) is 2. The molecule has 20 heavy (non-hydrogen) atoms. The summed E-state index contributed by atoms with van der Waals surface area (Å²) in [6.07, 6.45) is -1.41. The Hall–Kier alpha value is -1.09. The van der Waals surface area contributed by atoms with Crippen molar-refractivity contribution in [3.8, 4) is 5.75 Å². The van der Waals surface area contributed by atoms with E-state index in [1.54, 1.807) is 0 Å². The van der Waals surface area contributed by atoms with Gasteiger partial charge in [-0.15, -0.1) is 0 Å². The minimum Gasteiger partial charge on any atom is -0.481 e. The van der Waals surface area contributed by atoms with Crippen LogP contribution in [-0.2, 0) is 4.74 Å². The van der Waals surface area contributed by atoms with Crippen molar-refractivity contribution in [1.82, 2.24) is 9.78 Å². The van der Waals surface area contributed by atoms with Crippen LogP contribution in [0.5, 0.6) is 5.75 Å². The Labute approximate surface area is 120 Å². The predicted octanol–water partition coefficient (Wildman–Crippen LogP) is 2.65. The molecule has 0 radical (unpaired) electrons. The van der Waals surface area contributed by atoms with Crippen molar-refractivity contribution < 1.29 is 22.6 Å². The van der Waals surface area contributed by atoms with E-state index in [-0.39, 0.29) is 10.2 Å². The number of aromatic nitrogens is 2. The van der Waals surface area contributed by atoms with Gasteiger partial charge in [-0.05, 0) is 35.2 Å². The molecular weight excluding hydrogens is 345 g/mol. The highest BCUT2D eigenvalue weighted by Gasteiger charge is 2.29. The van der Waals surface area contributed by atoms with Gasteiger partial charge in [0.1, 0.15) is 4.47 Å². The van der Waals surface area contributed by atoms with E-state index in [4.69, 9.17) is 4.74 Å². The van der Waals surface area contributed by atoms with Crippen molar-refractivity contribution in [3.63, 3.8) is 0 Å². The van der Waals surface area contributed by atoms with Crippen molar-refractivity contribution in [2.75, 3.05) is 13.2 Å². The lowest BCUT2D eigenvalue weighted by Gasteiger charge is -2.23. The van der Waals surface area contributed by atoms with Gasteiger partial charge < -0.3 is 9.47 Å². The molecule has 1 unspecified atom stereocenters. The molecular formula is C11H12BrF3N2O3. The maximum absolute atomic E-state index is 12.1. The summed E-state index contributed by atoms with van der Waals surface area (Å²) < 4.78 is 47.2. The Morgan fingerprint density at radius 1 is 1.50 bits per heavy atom. The van der Waals surface area contributed by atoms with Crippen LogP contribution >= 0.6 is 15.9 Å². The van der Waals surface area contributed by atoms with Gasteiger partial charge in [0.2, 0.25) is 0 Å². The van der Waals surface area contributed by atoms with E-state index in [1.165, 1.54) is 0 Å². The van der Waals surface area contributed by atoms with Gasteiger partial charge in [0.15, 0.2) is 18.6 Å². The fourth-order valence-corrected chi connectivity index (χ4v) is 2.21. The van der Waals surface area contributed by atoms with Gasteiger partial charge in [-0.1, -0.05) is 0 Å². The van der Waals surface area contributed by atoms with Crippen LogP contribution in [0.3, 0.4) is 0 Å². The molecule has 1 aromatic rings. The summed E-state index contributed by atoms with van der Waals surface area (Å²) in [6.45, 7) is -0.945. The average Bonchev–Trinajstić information content (AvgIpc) is 2.40. The Morgan fingerprint density at radius 3 is 2.85 bits per heavy atom. The van der Waals surface area contributed by atoms with Crippen molar-refractivity contribution >= 4 is 15.9 Å². The maximum atomic E-state index is 12.1. The van der Waals surface area contributed by atoms with Gasteiger partial charge in [-0.3, -0.25) is 4.79 Å². The number of hydrogen-bond acceptors (Lipinski definition) is 4. The Bertz CT molecular complexity index is 527. The molecule has 112 valence electrons. The zero-order chi connectivity index (χ0) is 14.8. The zero-order valence-corrected chi connectivity index (χ0v) is 11.9. The quantitative estimate of drug-likeness (QED) is 0.835. The number of hydrogen-bond donors (Lipinski definition) is 0. The molecule has 5 nitrogen and oxygen atoms in total. The Morgan fingerprint density at radius 2 is 2.25 bits per heavy atom. The average molecular weight is 357 g/mol. The second kappa shape index (κ2) is 6.13. The van der Waals surface area contributed by atoms with Gasteiger partial charge in [0.25, 0.3) is 5.56 Å². The number of alkyl halides is 3. The van der Waals surface area contributed by atoms with Crippen LogP contribution < -0.4 is 10.3 Å². The summed E-state index contributed by atoms with van der Waals surface area (Å²) in [5.41, 5.74) is -0.573. The Balaban J connectivity index is 2.18. The topological polar surface area (TPSA) is 53.3 Å². The van der Waals surface area contributed by atoms with Crippen LogP contribution in [0.4, 0.5) is 13.2 Å². The summed E-state index contributed by atoms with van der Waals surface area (Å²) in [5, 5.41) is 3.82. The first-order valence-electron chi connectivity index (χ1n) is 5.97. The molecule has 1 saturated heterocycles. The highest BCUT2D eigenvalue weighted by molar-refractivity contribution is 9.10. The fourth-order valence-electron chi connectivity index (χ4n) is 1.81. The van der Waals surface area contributed by atoms with Crippen molar-refractivity contribution in [2.24, 2.45) is 0 Å². The van der Waals surface area contributed by atoms with E-state index in [0.717, 1.165) is 23.7 Å². The molecule has 1 fully saturated rings. The molecule has 0 N–H and O–H groups in total. The van der Waals surface area contributed by atoms with Gasteiger partial charge in [0, 0.05) is 6.61 Å². The molecule has 0 amide bonds. The fraction of sp³-hybridized carbons (Fsp3) is 0.636. The molecule has 2 rings (SSSR count). The Kier molecular flexibility index (Phi) is 4.69. The molecule has 0 aliphatic carbocycles. The van der Waals surface area contributed by atoms with Gasteiger partial charge in [0.05, 0.1) is 6.20 Å². The molecule has 9 heteroatoms. The van der Waals surface area contributed by atoms with E-state index >= 15 is 0 Å². The molecule has 1 aliphatic heterocycles. The highest BCUT2D eigenvalue weighted by Crippen LogP contribution is 2.25. The standard InChI is InChI=1S/C11H12BrF3N2O3/c12-9-7(20-6-11(13,14)15)5-16-17(10(9)18)8-3-1-2-4-19-8/h5,8H,1-4,6H2. The monoisotopic (exact) mass is 356 g/mol. The normalized spacial score (nSPS) is 19.9. The van der Waals surface area contributed by atoms with E-state index in [9.17, 15) is 18.0 Å². The van der Waals surface area contributed by atoms with Crippen LogP contribution in [-0.4, -0.2) is 29.2 Å². The molecule has 1 atom stereocenters. The lowest BCUT2D eigenvalue weighted by Crippen LogP contribution is -2.32. The largest absolute Gasteiger partial charge is 0.481 e. The molecule has 0 spiro atoms. The molecule has 1 aliphatic rings. The minimum atomic E-state index is -4.47. The van der Waals surface area contributed by atoms with Crippen molar-refractivity contribution in [3.05, 3.63) is 21.0 Å². The summed E-state index contributed by atoms with van der Waals surface area (Å²) in [6, 6.07) is 0. The number of ether oxygens (including phenoxy) is 2.